The lowest BCUT2D eigenvalue weighted by Crippen LogP contribution is -1.91. The number of para-hydroxylation sites is 2. The zero-order valence-electron chi connectivity index (χ0n) is 13.1. The van der Waals surface area contributed by atoms with Crippen molar-refractivity contribution in [3.8, 4) is 17.2 Å². The van der Waals surface area contributed by atoms with Gasteiger partial charge in [0.2, 0.25) is 0 Å². The van der Waals surface area contributed by atoms with Gasteiger partial charge in [-0.2, -0.15) is 0 Å². The van der Waals surface area contributed by atoms with Crippen molar-refractivity contribution in [1.29, 1.82) is 0 Å². The molecule has 4 rings (SSSR count). The molecule has 118 valence electrons. The first kappa shape index (κ1) is 15.0. The van der Waals surface area contributed by atoms with Crippen LogP contribution < -0.4 is 9.47 Å². The van der Waals surface area contributed by atoms with Crippen LogP contribution in [0.4, 0.5) is 0 Å². The molecule has 0 aliphatic carbocycles. The largest absolute Gasteiger partial charge is 0.497 e. The molecular weight excluding hydrogens is 364 g/mol. The second-order valence-corrected chi connectivity index (χ2v) is 6.30. The molecule has 1 heterocycles. The molecule has 0 saturated heterocycles. The van der Waals surface area contributed by atoms with Crippen LogP contribution in [-0.2, 0) is 0 Å². The van der Waals surface area contributed by atoms with E-state index in [-0.39, 0.29) is 0 Å². The summed E-state index contributed by atoms with van der Waals surface area (Å²) < 4.78 is 12.5. The highest BCUT2D eigenvalue weighted by atomic mass is 79.9. The fourth-order valence-corrected chi connectivity index (χ4v) is 3.68. The summed E-state index contributed by atoms with van der Waals surface area (Å²) in [7, 11) is 1.68. The predicted molar refractivity (Wildman–Crippen MR) is 101 cm³/mol. The van der Waals surface area contributed by atoms with Gasteiger partial charge in [-0.3, -0.25) is 0 Å². The third-order valence-electron chi connectivity index (χ3n) is 4.10. The molecule has 2 nitrogen and oxygen atoms in total. The molecule has 0 saturated carbocycles. The molecule has 24 heavy (non-hydrogen) atoms. The highest BCUT2D eigenvalue weighted by Crippen LogP contribution is 2.47. The Morgan fingerprint density at radius 2 is 1.33 bits per heavy atom. The van der Waals surface area contributed by atoms with Gasteiger partial charge in [0.1, 0.15) is 17.2 Å². The van der Waals surface area contributed by atoms with Gasteiger partial charge in [0.25, 0.3) is 0 Å². The number of hydrogen-bond donors (Lipinski definition) is 0. The Morgan fingerprint density at radius 1 is 0.750 bits per heavy atom. The Balaban J connectivity index is 2.00. The van der Waals surface area contributed by atoms with Crippen LogP contribution in [-0.4, -0.2) is 7.11 Å². The van der Waals surface area contributed by atoms with Gasteiger partial charge in [-0.1, -0.05) is 48.5 Å². The second kappa shape index (κ2) is 6.17. The smallest absolute Gasteiger partial charge is 0.135 e. The summed E-state index contributed by atoms with van der Waals surface area (Å²) in [5.41, 5.74) is 4.32. The highest BCUT2D eigenvalue weighted by molar-refractivity contribution is 9.15. The minimum absolute atomic E-state index is 0.842. The van der Waals surface area contributed by atoms with E-state index in [2.05, 4.69) is 40.2 Å². The van der Waals surface area contributed by atoms with Crippen molar-refractivity contribution in [2.75, 3.05) is 7.11 Å². The van der Waals surface area contributed by atoms with E-state index in [1.54, 1.807) is 7.11 Å². The molecule has 3 aromatic rings. The van der Waals surface area contributed by atoms with Crippen LogP contribution in [0.2, 0.25) is 0 Å². The van der Waals surface area contributed by atoms with Gasteiger partial charge in [0.15, 0.2) is 0 Å². The number of fused-ring (bicyclic) bond motifs is 2. The summed E-state index contributed by atoms with van der Waals surface area (Å²) in [5, 5.41) is 0. The van der Waals surface area contributed by atoms with E-state index in [4.69, 9.17) is 9.47 Å². The summed E-state index contributed by atoms with van der Waals surface area (Å²) in [6.45, 7) is 0. The number of rotatable bonds is 2. The number of halogens is 1. The van der Waals surface area contributed by atoms with Crippen molar-refractivity contribution in [1.82, 2.24) is 0 Å². The Hall–Kier alpha value is -2.52. The van der Waals surface area contributed by atoms with Crippen molar-refractivity contribution < 1.29 is 9.47 Å². The molecule has 0 radical (unpaired) electrons. The third-order valence-corrected chi connectivity index (χ3v) is 4.92. The van der Waals surface area contributed by atoms with Crippen LogP contribution in [0, 0.1) is 0 Å². The standard InChI is InChI=1S/C21H15BrO2/c1-23-15-12-10-14(11-13-15)20-16-6-2-4-8-18(16)24-19-9-5-3-7-17(19)21(20)22/h2-13H,1H3. The molecule has 0 aromatic heterocycles. The van der Waals surface area contributed by atoms with Crippen molar-refractivity contribution in [3.05, 3.63) is 89.5 Å². The lowest BCUT2D eigenvalue weighted by Gasteiger charge is -2.12. The molecule has 3 aromatic carbocycles. The molecule has 0 spiro atoms. The zero-order chi connectivity index (χ0) is 16.5. The fraction of sp³-hybridized carbons (Fsp3) is 0.0476. The Kier molecular flexibility index (Phi) is 3.87. The summed E-state index contributed by atoms with van der Waals surface area (Å²) >= 11 is 3.81. The number of ether oxygens (including phenoxy) is 2. The fourth-order valence-electron chi connectivity index (χ4n) is 2.91. The lowest BCUT2D eigenvalue weighted by atomic mass is 9.95. The molecule has 0 N–H and O–H groups in total. The van der Waals surface area contributed by atoms with Crippen molar-refractivity contribution in [3.63, 3.8) is 0 Å². The molecule has 0 bridgehead atoms. The zero-order valence-corrected chi connectivity index (χ0v) is 14.7. The van der Waals surface area contributed by atoms with Crippen molar-refractivity contribution >= 4 is 26.0 Å². The van der Waals surface area contributed by atoms with E-state index in [0.717, 1.165) is 44.0 Å². The summed E-state index contributed by atoms with van der Waals surface area (Å²) in [5.74, 6) is 2.54. The van der Waals surface area contributed by atoms with E-state index < -0.39 is 0 Å². The Bertz CT molecular complexity index is 927. The van der Waals surface area contributed by atoms with Crippen LogP contribution >= 0.6 is 15.9 Å². The minimum atomic E-state index is 0.842. The molecule has 0 atom stereocenters. The Labute approximate surface area is 149 Å². The molecule has 1 aliphatic heterocycles. The molecular formula is C21H15BrO2. The topological polar surface area (TPSA) is 18.5 Å². The van der Waals surface area contributed by atoms with Gasteiger partial charge in [0.05, 0.1) is 7.11 Å². The van der Waals surface area contributed by atoms with Gasteiger partial charge in [-0.05, 0) is 45.8 Å². The van der Waals surface area contributed by atoms with E-state index in [0.29, 0.717) is 0 Å². The van der Waals surface area contributed by atoms with Crippen molar-refractivity contribution in [2.24, 2.45) is 0 Å². The van der Waals surface area contributed by atoms with E-state index in [9.17, 15) is 0 Å². The maximum absolute atomic E-state index is 6.17. The number of benzene rings is 3. The first-order chi connectivity index (χ1) is 11.8. The molecule has 0 unspecified atom stereocenters. The Morgan fingerprint density at radius 3 is 2.00 bits per heavy atom. The lowest BCUT2D eigenvalue weighted by molar-refractivity contribution is 0.415. The van der Waals surface area contributed by atoms with Gasteiger partial charge in [-0.15, -0.1) is 0 Å². The van der Waals surface area contributed by atoms with Crippen LogP contribution in [0.1, 0.15) is 16.7 Å². The summed E-state index contributed by atoms with van der Waals surface area (Å²) in [6, 6.07) is 24.3. The molecule has 0 fully saturated rings. The van der Waals surface area contributed by atoms with Gasteiger partial charge in [0, 0.05) is 21.2 Å². The van der Waals surface area contributed by atoms with E-state index >= 15 is 0 Å². The summed E-state index contributed by atoms with van der Waals surface area (Å²) in [6.07, 6.45) is 0. The quantitative estimate of drug-likeness (QED) is 0.535. The SMILES string of the molecule is COc1ccc(C2=C(Br)c3ccccc3Oc3ccccc32)cc1. The second-order valence-electron chi connectivity index (χ2n) is 5.51. The number of hydrogen-bond acceptors (Lipinski definition) is 2. The van der Waals surface area contributed by atoms with Crippen LogP contribution in [0.15, 0.2) is 72.8 Å². The molecule has 0 amide bonds. The van der Waals surface area contributed by atoms with E-state index in [1.165, 1.54) is 0 Å². The highest BCUT2D eigenvalue weighted by Gasteiger charge is 2.22. The first-order valence-electron chi connectivity index (χ1n) is 7.69. The van der Waals surface area contributed by atoms with Gasteiger partial charge >= 0.3 is 0 Å². The average Bonchev–Trinajstić information content (AvgIpc) is 2.76. The minimum Gasteiger partial charge on any atom is -0.497 e. The van der Waals surface area contributed by atoms with Crippen molar-refractivity contribution in [2.45, 2.75) is 0 Å². The summed E-state index contributed by atoms with van der Waals surface area (Å²) in [4.78, 5) is 0. The van der Waals surface area contributed by atoms with E-state index in [1.807, 2.05) is 48.5 Å². The van der Waals surface area contributed by atoms with Gasteiger partial charge in [-0.25, -0.2) is 0 Å². The van der Waals surface area contributed by atoms with Crippen LogP contribution in [0.25, 0.3) is 10.1 Å². The average molecular weight is 379 g/mol. The van der Waals surface area contributed by atoms with Crippen LogP contribution in [0.5, 0.6) is 17.2 Å². The maximum Gasteiger partial charge on any atom is 0.135 e. The first-order valence-corrected chi connectivity index (χ1v) is 8.48. The normalized spacial score (nSPS) is 12.8. The monoisotopic (exact) mass is 378 g/mol. The molecule has 1 aliphatic rings. The predicted octanol–water partition coefficient (Wildman–Crippen LogP) is 6.11. The number of methoxy groups -OCH3 is 1. The van der Waals surface area contributed by atoms with Crippen LogP contribution in [0.3, 0.4) is 0 Å². The van der Waals surface area contributed by atoms with Gasteiger partial charge < -0.3 is 9.47 Å². The third kappa shape index (κ3) is 2.51. The maximum atomic E-state index is 6.17. The molecule has 3 heteroatoms.